The fraction of sp³-hybridized carbons (Fsp3) is 1.00. The molecule has 3 nitrogen and oxygen atoms in total. The lowest BCUT2D eigenvalue weighted by molar-refractivity contribution is -0.270. The van der Waals surface area contributed by atoms with Gasteiger partial charge in [0.2, 0.25) is 0 Å². The lowest BCUT2D eigenvalue weighted by atomic mass is 9.57. The van der Waals surface area contributed by atoms with Crippen molar-refractivity contribution in [2.75, 3.05) is 6.61 Å². The number of fused-ring (bicyclic) bond motifs is 1. The van der Waals surface area contributed by atoms with Crippen LogP contribution in [0, 0.1) is 23.7 Å². The van der Waals surface area contributed by atoms with Gasteiger partial charge in [-0.2, -0.15) is 0 Å². The minimum absolute atomic E-state index is 0.112. The first-order valence-electron chi connectivity index (χ1n) is 7.55. The van der Waals surface area contributed by atoms with Crippen molar-refractivity contribution in [3.63, 3.8) is 0 Å². The maximum absolute atomic E-state index is 6.54. The van der Waals surface area contributed by atoms with Crippen LogP contribution in [-0.4, -0.2) is 24.3 Å². The fourth-order valence-corrected chi connectivity index (χ4v) is 5.14. The van der Waals surface area contributed by atoms with Crippen LogP contribution in [0.3, 0.4) is 0 Å². The summed E-state index contributed by atoms with van der Waals surface area (Å²) in [5.41, 5.74) is -0.137. The number of hydrogen-bond acceptors (Lipinski definition) is 3. The van der Waals surface area contributed by atoms with E-state index < -0.39 is 0 Å². The Labute approximate surface area is 109 Å². The number of ether oxygens (including phenoxy) is 3. The van der Waals surface area contributed by atoms with E-state index in [1.807, 2.05) is 0 Å². The molecule has 1 saturated carbocycles. The second-order valence-corrected chi connectivity index (χ2v) is 7.16. The topological polar surface area (TPSA) is 27.7 Å². The van der Waals surface area contributed by atoms with E-state index in [-0.39, 0.29) is 17.7 Å². The van der Waals surface area contributed by atoms with Gasteiger partial charge >= 0.3 is 0 Å². The van der Waals surface area contributed by atoms with Gasteiger partial charge in [-0.05, 0) is 49.9 Å². The van der Waals surface area contributed by atoms with Crippen molar-refractivity contribution in [2.24, 2.45) is 23.7 Å². The second-order valence-electron chi connectivity index (χ2n) is 7.16. The minimum Gasteiger partial charge on any atom is -0.349 e. The van der Waals surface area contributed by atoms with Crippen LogP contribution in [-0.2, 0) is 14.2 Å². The molecule has 3 aliphatic heterocycles. The summed E-state index contributed by atoms with van der Waals surface area (Å²) in [5.74, 6) is 2.20. The lowest BCUT2D eigenvalue weighted by Gasteiger charge is -2.57. The molecule has 4 fully saturated rings. The molecule has 1 spiro atoms. The fourth-order valence-electron chi connectivity index (χ4n) is 5.14. The summed E-state index contributed by atoms with van der Waals surface area (Å²) >= 11 is 0. The summed E-state index contributed by atoms with van der Waals surface area (Å²) < 4.78 is 18.7. The Morgan fingerprint density at radius 2 is 1.78 bits per heavy atom. The highest BCUT2D eigenvalue weighted by Gasteiger charge is 2.70. The molecule has 4 rings (SSSR count). The van der Waals surface area contributed by atoms with Crippen molar-refractivity contribution in [3.05, 3.63) is 0 Å². The average molecular weight is 252 g/mol. The van der Waals surface area contributed by atoms with Gasteiger partial charge in [0.25, 0.3) is 0 Å². The summed E-state index contributed by atoms with van der Waals surface area (Å²) in [5, 5.41) is 0. The number of rotatable bonds is 0. The molecule has 0 N–H and O–H groups in total. The van der Waals surface area contributed by atoms with E-state index in [1.165, 1.54) is 19.3 Å². The Bertz CT molecular complexity index is 363. The predicted octanol–water partition coefficient (Wildman–Crippen LogP) is 2.94. The number of hydrogen-bond donors (Lipinski definition) is 0. The van der Waals surface area contributed by atoms with Crippen molar-refractivity contribution in [1.29, 1.82) is 0 Å². The van der Waals surface area contributed by atoms with Crippen LogP contribution in [0.25, 0.3) is 0 Å². The van der Waals surface area contributed by atoms with E-state index in [9.17, 15) is 0 Å². The van der Waals surface area contributed by atoms with Crippen molar-refractivity contribution >= 4 is 0 Å². The average Bonchev–Trinajstić information content (AvgIpc) is 2.55. The molecule has 18 heavy (non-hydrogen) atoms. The van der Waals surface area contributed by atoms with Gasteiger partial charge < -0.3 is 14.2 Å². The third-order valence-corrected chi connectivity index (χ3v) is 6.00. The smallest absolute Gasteiger partial charge is 0.190 e. The maximum Gasteiger partial charge on any atom is 0.190 e. The maximum atomic E-state index is 6.54. The molecule has 3 saturated heterocycles. The third-order valence-electron chi connectivity index (χ3n) is 6.00. The zero-order valence-electron chi connectivity index (χ0n) is 11.6. The van der Waals surface area contributed by atoms with Gasteiger partial charge in [-0.3, -0.25) is 0 Å². The zero-order valence-corrected chi connectivity index (χ0v) is 11.6. The van der Waals surface area contributed by atoms with E-state index in [4.69, 9.17) is 14.2 Å². The Morgan fingerprint density at radius 3 is 2.61 bits per heavy atom. The van der Waals surface area contributed by atoms with E-state index in [0.717, 1.165) is 18.9 Å². The molecular weight excluding hydrogens is 228 g/mol. The standard InChI is InChI=1S/C15H24O3/c1-9-4-5-11-10(2)8-16-13-15(11)12(9)6-7-14(3,17-13)18-15/h9-13H,4-8H2,1-3H3/t9-,10+,11?,12?,13?,14-,15+/m1/s1. The van der Waals surface area contributed by atoms with Crippen LogP contribution < -0.4 is 0 Å². The monoisotopic (exact) mass is 252 g/mol. The molecule has 7 atom stereocenters. The van der Waals surface area contributed by atoms with Gasteiger partial charge in [0, 0.05) is 6.42 Å². The highest BCUT2D eigenvalue weighted by molar-refractivity contribution is 5.11. The van der Waals surface area contributed by atoms with Crippen molar-refractivity contribution < 1.29 is 14.2 Å². The molecule has 0 amide bonds. The van der Waals surface area contributed by atoms with Crippen molar-refractivity contribution in [3.8, 4) is 0 Å². The van der Waals surface area contributed by atoms with E-state index >= 15 is 0 Å². The highest BCUT2D eigenvalue weighted by atomic mass is 16.8. The summed E-state index contributed by atoms with van der Waals surface area (Å²) in [6.07, 6.45) is 4.76. The molecular formula is C15H24O3. The summed E-state index contributed by atoms with van der Waals surface area (Å²) in [4.78, 5) is 0. The molecule has 102 valence electrons. The van der Waals surface area contributed by atoms with Gasteiger partial charge in [-0.15, -0.1) is 0 Å². The Morgan fingerprint density at radius 1 is 1.00 bits per heavy atom. The van der Waals surface area contributed by atoms with Gasteiger partial charge in [-0.25, -0.2) is 0 Å². The summed E-state index contributed by atoms with van der Waals surface area (Å²) in [6.45, 7) is 7.63. The largest absolute Gasteiger partial charge is 0.349 e. The SMILES string of the molecule is C[C@@H]1CCC2[C@@H](C)COC3O[C@@]4(C)CCC1[C@]32O4. The van der Waals surface area contributed by atoms with Gasteiger partial charge in [0.05, 0.1) is 6.61 Å². The summed E-state index contributed by atoms with van der Waals surface area (Å²) in [6, 6.07) is 0. The van der Waals surface area contributed by atoms with Crippen molar-refractivity contribution in [1.82, 2.24) is 0 Å². The van der Waals surface area contributed by atoms with Crippen LogP contribution >= 0.6 is 0 Å². The second kappa shape index (κ2) is 3.50. The summed E-state index contributed by atoms with van der Waals surface area (Å²) in [7, 11) is 0. The van der Waals surface area contributed by atoms with Crippen LogP contribution in [0.2, 0.25) is 0 Å². The first-order chi connectivity index (χ1) is 8.55. The Hall–Kier alpha value is -0.120. The minimum atomic E-state index is -0.388. The quantitative estimate of drug-likeness (QED) is 0.663. The van der Waals surface area contributed by atoms with Crippen LogP contribution in [0.5, 0.6) is 0 Å². The van der Waals surface area contributed by atoms with Gasteiger partial charge in [-0.1, -0.05) is 13.8 Å². The molecule has 4 aliphatic rings. The molecule has 0 aromatic heterocycles. The van der Waals surface area contributed by atoms with Gasteiger partial charge in [0.15, 0.2) is 12.1 Å². The van der Waals surface area contributed by atoms with Gasteiger partial charge in [0.1, 0.15) is 5.60 Å². The Balaban J connectivity index is 1.81. The molecule has 3 heteroatoms. The van der Waals surface area contributed by atoms with E-state index in [1.54, 1.807) is 0 Å². The first-order valence-corrected chi connectivity index (χ1v) is 7.55. The molecule has 0 aromatic rings. The normalized spacial score (nSPS) is 62.5. The molecule has 2 bridgehead atoms. The predicted molar refractivity (Wildman–Crippen MR) is 66.8 cm³/mol. The van der Waals surface area contributed by atoms with Crippen LogP contribution in [0.15, 0.2) is 0 Å². The molecule has 3 unspecified atom stereocenters. The third kappa shape index (κ3) is 1.26. The van der Waals surface area contributed by atoms with Crippen LogP contribution in [0.1, 0.15) is 46.5 Å². The van der Waals surface area contributed by atoms with E-state index in [2.05, 4.69) is 20.8 Å². The zero-order chi connectivity index (χ0) is 12.5. The van der Waals surface area contributed by atoms with E-state index in [0.29, 0.717) is 17.8 Å². The molecule has 0 aromatic carbocycles. The van der Waals surface area contributed by atoms with Crippen LogP contribution in [0.4, 0.5) is 0 Å². The van der Waals surface area contributed by atoms with Crippen molar-refractivity contribution in [2.45, 2.75) is 64.1 Å². The first kappa shape index (κ1) is 11.7. The Kier molecular flexibility index (Phi) is 2.27. The molecule has 1 aliphatic carbocycles. The molecule has 0 radical (unpaired) electrons. The molecule has 3 heterocycles. The lowest BCUT2D eigenvalue weighted by Crippen LogP contribution is -2.64. The highest BCUT2D eigenvalue weighted by Crippen LogP contribution is 2.62.